The third-order valence-electron chi connectivity index (χ3n) is 4.38. The van der Waals surface area contributed by atoms with Crippen molar-refractivity contribution in [3.63, 3.8) is 0 Å². The zero-order chi connectivity index (χ0) is 20.7. The summed E-state index contributed by atoms with van der Waals surface area (Å²) >= 11 is 4.28. The topological polar surface area (TPSA) is 130 Å². The van der Waals surface area contributed by atoms with Gasteiger partial charge in [-0.3, -0.25) is 19.2 Å². The van der Waals surface area contributed by atoms with Crippen molar-refractivity contribution < 1.29 is 19.5 Å². The predicted octanol–water partition coefficient (Wildman–Crippen LogP) is 0.725. The molecule has 4 heterocycles. The summed E-state index contributed by atoms with van der Waals surface area (Å²) in [5.74, 6) is -1.12. The number of carboxylic acids is 1. The van der Waals surface area contributed by atoms with E-state index in [-0.39, 0.29) is 5.70 Å². The predicted molar refractivity (Wildman–Crippen MR) is 108 cm³/mol. The van der Waals surface area contributed by atoms with Crippen LogP contribution in [0.4, 0.5) is 0 Å². The second kappa shape index (κ2) is 7.80. The molecule has 0 aromatic carbocycles. The van der Waals surface area contributed by atoms with Crippen LogP contribution in [-0.4, -0.2) is 70.7 Å². The summed E-state index contributed by atoms with van der Waals surface area (Å²) < 4.78 is 2.25. The molecule has 13 heteroatoms. The highest BCUT2D eigenvalue weighted by Crippen LogP contribution is 2.41. The number of β-lactam (4-membered cyclic amide) rings is 1. The lowest BCUT2D eigenvalue weighted by atomic mass is 10.0. The molecule has 0 radical (unpaired) electrons. The minimum Gasteiger partial charge on any atom is -0.477 e. The van der Waals surface area contributed by atoms with E-state index >= 15 is 0 Å². The van der Waals surface area contributed by atoms with Crippen LogP contribution in [0.15, 0.2) is 28.0 Å². The van der Waals surface area contributed by atoms with Crippen LogP contribution >= 0.6 is 34.9 Å². The summed E-state index contributed by atoms with van der Waals surface area (Å²) in [5, 5.41) is 24.7. The Balaban J connectivity index is 1.48. The molecule has 2 amide bonds. The number of aromatic nitrogens is 4. The van der Waals surface area contributed by atoms with E-state index in [2.05, 4.69) is 20.6 Å². The van der Waals surface area contributed by atoms with Crippen LogP contribution < -0.4 is 5.32 Å². The Morgan fingerprint density at radius 2 is 2.21 bits per heavy atom. The summed E-state index contributed by atoms with van der Waals surface area (Å²) in [7, 11) is 1.69. The normalized spacial score (nSPS) is 21.0. The molecule has 29 heavy (non-hydrogen) atoms. The molecule has 2 aliphatic rings. The van der Waals surface area contributed by atoms with Crippen molar-refractivity contribution in [3.8, 4) is 0 Å². The van der Waals surface area contributed by atoms with E-state index in [1.165, 1.54) is 50.6 Å². The number of thioether (sulfide) groups is 2. The molecule has 152 valence electrons. The zero-order valence-corrected chi connectivity index (χ0v) is 17.8. The van der Waals surface area contributed by atoms with Gasteiger partial charge in [0.05, 0.1) is 11.8 Å². The minimum atomic E-state index is -1.15. The third kappa shape index (κ3) is 3.76. The molecule has 2 aromatic rings. The number of nitrogens with zero attached hydrogens (tertiary/aromatic N) is 5. The van der Waals surface area contributed by atoms with E-state index < -0.39 is 29.2 Å². The molecule has 1 fully saturated rings. The fraction of sp³-hybridized carbons (Fsp3) is 0.375. The molecule has 2 atom stereocenters. The number of aliphatic carboxylic acids is 1. The van der Waals surface area contributed by atoms with Crippen molar-refractivity contribution in [2.45, 2.75) is 22.7 Å². The number of carbonyl (C=O) groups is 3. The maximum absolute atomic E-state index is 12.7. The van der Waals surface area contributed by atoms with Crippen LogP contribution in [-0.2, 0) is 16.6 Å². The Kier molecular flexibility index (Phi) is 5.36. The lowest BCUT2D eigenvalue weighted by Crippen LogP contribution is -2.70. The monoisotopic (exact) mass is 452 g/mol. The first-order valence-electron chi connectivity index (χ1n) is 8.47. The van der Waals surface area contributed by atoms with E-state index in [4.69, 9.17) is 0 Å². The smallest absolute Gasteiger partial charge is 0.352 e. The summed E-state index contributed by atoms with van der Waals surface area (Å²) in [4.78, 5) is 38.1. The summed E-state index contributed by atoms with van der Waals surface area (Å²) in [6.07, 6.45) is 2.97. The third-order valence-corrected chi connectivity index (χ3v) is 7.78. The highest BCUT2D eigenvalue weighted by Gasteiger charge is 2.54. The van der Waals surface area contributed by atoms with E-state index in [0.717, 1.165) is 9.35 Å². The number of carbonyl (C=O) groups excluding carboxylic acids is 2. The van der Waals surface area contributed by atoms with Crippen molar-refractivity contribution in [1.29, 1.82) is 0 Å². The number of carboxylic acid groups (broad SMARTS) is 1. The number of hydrogen-bond acceptors (Lipinski definition) is 9. The van der Waals surface area contributed by atoms with Gasteiger partial charge in [0.25, 0.3) is 11.8 Å². The van der Waals surface area contributed by atoms with E-state index in [1.807, 2.05) is 6.92 Å². The van der Waals surface area contributed by atoms with Crippen LogP contribution in [0.2, 0.25) is 0 Å². The molecule has 2 aliphatic heterocycles. The number of amides is 2. The van der Waals surface area contributed by atoms with Gasteiger partial charge in [-0.05, 0) is 12.5 Å². The summed E-state index contributed by atoms with van der Waals surface area (Å²) in [6.45, 7) is 1.85. The van der Waals surface area contributed by atoms with Crippen LogP contribution in [0.1, 0.15) is 15.4 Å². The Labute approximate surface area is 177 Å². The van der Waals surface area contributed by atoms with E-state index in [1.54, 1.807) is 13.2 Å². The van der Waals surface area contributed by atoms with Gasteiger partial charge in [0.1, 0.15) is 22.1 Å². The van der Waals surface area contributed by atoms with Crippen molar-refractivity contribution >= 4 is 52.6 Å². The van der Waals surface area contributed by atoms with Crippen LogP contribution in [0.5, 0.6) is 0 Å². The van der Waals surface area contributed by atoms with Gasteiger partial charge in [0, 0.05) is 24.8 Å². The average molecular weight is 453 g/mol. The molecule has 0 bridgehead atoms. The van der Waals surface area contributed by atoms with Crippen molar-refractivity contribution in [2.24, 2.45) is 7.05 Å². The second-order valence-corrected chi connectivity index (χ2v) is 9.91. The largest absolute Gasteiger partial charge is 0.477 e. The van der Waals surface area contributed by atoms with Gasteiger partial charge < -0.3 is 10.4 Å². The van der Waals surface area contributed by atoms with Crippen LogP contribution in [0.3, 0.4) is 0 Å². The highest BCUT2D eigenvalue weighted by molar-refractivity contribution is 8.01. The van der Waals surface area contributed by atoms with Gasteiger partial charge in [-0.25, -0.2) is 4.79 Å². The zero-order valence-electron chi connectivity index (χ0n) is 15.4. The van der Waals surface area contributed by atoms with Crippen molar-refractivity contribution in [3.05, 3.63) is 34.2 Å². The Hall–Kier alpha value is -2.38. The quantitative estimate of drug-likeness (QED) is 0.481. The molecule has 2 aromatic heterocycles. The molecule has 1 saturated heterocycles. The van der Waals surface area contributed by atoms with Crippen LogP contribution in [0.25, 0.3) is 0 Å². The number of nitrogens with one attached hydrogen (secondary N) is 1. The van der Waals surface area contributed by atoms with E-state index in [9.17, 15) is 19.5 Å². The molecule has 4 rings (SSSR count). The van der Waals surface area contributed by atoms with Gasteiger partial charge in [-0.15, -0.1) is 22.0 Å². The Morgan fingerprint density at radius 1 is 1.41 bits per heavy atom. The minimum absolute atomic E-state index is 0.000589. The maximum atomic E-state index is 12.7. The first-order chi connectivity index (χ1) is 13.8. The molecule has 10 nitrogen and oxygen atoms in total. The molecule has 2 N–H and O–H groups in total. The summed E-state index contributed by atoms with van der Waals surface area (Å²) in [5.41, 5.74) is 0.999. The number of fused-ring (bicyclic) bond motifs is 1. The summed E-state index contributed by atoms with van der Waals surface area (Å²) in [6, 6.07) is -0.762. The molecule has 0 spiro atoms. The number of aryl methyl sites for hydroxylation is 2. The standard InChI is InChI=1S/C16H16N6O4S3/c1-7-19-20-16(29-7)28-6-9-5-27-14-10(13(24)22(14)11(9)15(25)26)18-12(23)8-3-17-21(2)4-8/h3-4,10,14H,5-6H2,1-2H3,(H,18,23)(H,25,26)/t10-,14+/m1/s1. The first kappa shape index (κ1) is 19.9. The molecular formula is C16H16N6O4S3. The number of hydrogen-bond donors (Lipinski definition) is 2. The molecule has 0 unspecified atom stereocenters. The lowest BCUT2D eigenvalue weighted by Gasteiger charge is -2.49. The van der Waals surface area contributed by atoms with Crippen molar-refractivity contribution in [1.82, 2.24) is 30.2 Å². The Bertz CT molecular complexity index is 1030. The fourth-order valence-corrected chi connectivity index (χ4v) is 6.34. The number of rotatable bonds is 6. The SMILES string of the molecule is Cc1nnc(SCC2=C(C(=O)O)N3C(=O)[C@@H](NC(=O)c4cnn(C)c4)[C@@H]3SC2)s1. The van der Waals surface area contributed by atoms with Gasteiger partial charge in [-0.2, -0.15) is 5.10 Å². The van der Waals surface area contributed by atoms with E-state index in [0.29, 0.717) is 22.6 Å². The Morgan fingerprint density at radius 3 is 2.83 bits per heavy atom. The first-order valence-corrected chi connectivity index (χ1v) is 11.3. The van der Waals surface area contributed by atoms with Crippen LogP contribution in [0, 0.1) is 6.92 Å². The van der Waals surface area contributed by atoms with Gasteiger partial charge >= 0.3 is 5.97 Å². The highest BCUT2D eigenvalue weighted by atomic mass is 32.2. The maximum Gasteiger partial charge on any atom is 0.352 e. The molecular weight excluding hydrogens is 436 g/mol. The molecule has 0 aliphatic carbocycles. The second-order valence-electron chi connectivity index (χ2n) is 6.40. The van der Waals surface area contributed by atoms with Gasteiger partial charge in [-0.1, -0.05) is 23.1 Å². The fourth-order valence-electron chi connectivity index (χ4n) is 3.04. The van der Waals surface area contributed by atoms with Crippen molar-refractivity contribution in [2.75, 3.05) is 11.5 Å². The van der Waals surface area contributed by atoms with Gasteiger partial charge in [0.2, 0.25) is 0 Å². The van der Waals surface area contributed by atoms with Gasteiger partial charge in [0.15, 0.2) is 4.34 Å². The molecule has 0 saturated carbocycles. The lowest BCUT2D eigenvalue weighted by molar-refractivity contribution is -0.148. The average Bonchev–Trinajstić information content (AvgIpc) is 3.31.